The van der Waals surface area contributed by atoms with E-state index in [1.807, 2.05) is 6.92 Å². The van der Waals surface area contributed by atoms with Crippen molar-refractivity contribution < 1.29 is 4.79 Å². The highest BCUT2D eigenvalue weighted by Gasteiger charge is 2.43. The van der Waals surface area contributed by atoms with Gasteiger partial charge in [-0.05, 0) is 48.1 Å². The molecule has 0 bridgehead atoms. The Labute approximate surface area is 119 Å². The van der Waals surface area contributed by atoms with Crippen LogP contribution in [0.3, 0.4) is 0 Å². The van der Waals surface area contributed by atoms with Gasteiger partial charge in [0.2, 0.25) is 5.91 Å². The fraction of sp³-hybridized carbons (Fsp3) is 0.667. The van der Waals surface area contributed by atoms with Gasteiger partial charge in [0.05, 0.1) is 6.04 Å². The van der Waals surface area contributed by atoms with E-state index in [9.17, 15) is 4.79 Å². The Hall–Kier alpha value is -0.870. The lowest BCUT2D eigenvalue weighted by Crippen LogP contribution is -2.44. The topological polar surface area (TPSA) is 32.3 Å². The molecule has 0 radical (unpaired) electrons. The Morgan fingerprint density at radius 2 is 2.11 bits per heavy atom. The largest absolute Gasteiger partial charge is 0.318 e. The van der Waals surface area contributed by atoms with Gasteiger partial charge < -0.3 is 4.90 Å². The monoisotopic (exact) mass is 278 g/mol. The lowest BCUT2D eigenvalue weighted by Gasteiger charge is -2.39. The molecule has 1 aliphatic heterocycles. The maximum absolute atomic E-state index is 12.5. The third-order valence-corrected chi connectivity index (χ3v) is 5.29. The Morgan fingerprint density at radius 3 is 2.79 bits per heavy atom. The summed E-state index contributed by atoms with van der Waals surface area (Å²) in [5, 5.41) is 7.70. The Kier molecular flexibility index (Phi) is 3.63. The summed E-state index contributed by atoms with van der Waals surface area (Å²) in [7, 11) is 0. The van der Waals surface area contributed by atoms with Crippen LogP contribution in [-0.2, 0) is 4.79 Å². The quantitative estimate of drug-likeness (QED) is 0.901. The normalized spacial score (nSPS) is 35.9. The van der Waals surface area contributed by atoms with Gasteiger partial charge in [0, 0.05) is 6.04 Å². The van der Waals surface area contributed by atoms with Crippen molar-refractivity contribution in [3.63, 3.8) is 0 Å². The van der Waals surface area contributed by atoms with Crippen LogP contribution in [0, 0.1) is 5.92 Å². The van der Waals surface area contributed by atoms with Crippen molar-refractivity contribution in [1.82, 2.24) is 10.2 Å². The molecule has 19 heavy (non-hydrogen) atoms. The second-order valence-corrected chi connectivity index (χ2v) is 6.70. The van der Waals surface area contributed by atoms with Crippen molar-refractivity contribution in [3.8, 4) is 0 Å². The van der Waals surface area contributed by atoms with Gasteiger partial charge in [-0.3, -0.25) is 10.1 Å². The van der Waals surface area contributed by atoms with Crippen molar-refractivity contribution in [3.05, 3.63) is 22.4 Å². The van der Waals surface area contributed by atoms with E-state index in [2.05, 4.69) is 34.0 Å². The van der Waals surface area contributed by atoms with E-state index >= 15 is 0 Å². The zero-order chi connectivity index (χ0) is 13.4. The minimum absolute atomic E-state index is 0.0565. The van der Waals surface area contributed by atoms with E-state index < -0.39 is 0 Å². The predicted octanol–water partition coefficient (Wildman–Crippen LogP) is 3.15. The van der Waals surface area contributed by atoms with Crippen LogP contribution in [0.5, 0.6) is 0 Å². The molecule has 1 saturated heterocycles. The first-order valence-electron chi connectivity index (χ1n) is 7.29. The maximum Gasteiger partial charge on any atom is 0.241 e. The molecule has 2 aliphatic rings. The Balaban J connectivity index is 1.89. The van der Waals surface area contributed by atoms with Crippen LogP contribution in [0.2, 0.25) is 0 Å². The minimum Gasteiger partial charge on any atom is -0.318 e. The molecule has 1 amide bonds. The van der Waals surface area contributed by atoms with Crippen LogP contribution >= 0.6 is 11.3 Å². The summed E-state index contributed by atoms with van der Waals surface area (Å²) < 4.78 is 0. The first-order chi connectivity index (χ1) is 9.18. The average Bonchev–Trinajstić information content (AvgIpc) is 3.01. The van der Waals surface area contributed by atoms with Crippen molar-refractivity contribution in [2.75, 3.05) is 0 Å². The zero-order valence-electron chi connectivity index (χ0n) is 11.6. The fourth-order valence-electron chi connectivity index (χ4n) is 3.49. The van der Waals surface area contributed by atoms with Gasteiger partial charge in [0.25, 0.3) is 0 Å². The number of nitrogens with one attached hydrogen (secondary N) is 1. The fourth-order valence-corrected chi connectivity index (χ4v) is 4.17. The van der Waals surface area contributed by atoms with Crippen molar-refractivity contribution in [2.45, 2.75) is 57.8 Å². The number of nitrogens with zero attached hydrogens (tertiary/aromatic N) is 1. The summed E-state index contributed by atoms with van der Waals surface area (Å²) in [5.41, 5.74) is 1.24. The number of hydrogen-bond donors (Lipinski definition) is 1. The van der Waals surface area contributed by atoms with E-state index in [4.69, 9.17) is 0 Å². The van der Waals surface area contributed by atoms with Crippen LogP contribution in [0.1, 0.15) is 51.3 Å². The number of amides is 1. The summed E-state index contributed by atoms with van der Waals surface area (Å²) in [5.74, 6) is 0.890. The van der Waals surface area contributed by atoms with Crippen LogP contribution in [0.25, 0.3) is 0 Å². The smallest absolute Gasteiger partial charge is 0.241 e. The molecule has 1 aliphatic carbocycles. The molecule has 1 N–H and O–H groups in total. The molecule has 2 fully saturated rings. The van der Waals surface area contributed by atoms with Crippen LogP contribution in [0.15, 0.2) is 16.8 Å². The van der Waals surface area contributed by atoms with Crippen LogP contribution < -0.4 is 5.32 Å². The molecule has 4 unspecified atom stereocenters. The second kappa shape index (κ2) is 5.25. The van der Waals surface area contributed by atoms with Crippen molar-refractivity contribution in [1.29, 1.82) is 0 Å². The molecule has 1 saturated carbocycles. The molecule has 3 rings (SSSR count). The summed E-state index contributed by atoms with van der Waals surface area (Å²) in [6.07, 6.45) is 5.05. The molecule has 3 nitrogen and oxygen atoms in total. The standard InChI is InChI=1S/C15H22N2OS/c1-10-5-3-4-6-13(10)17-14(12-7-8-19-9-12)16-11(2)15(17)18/h7-11,13-14,16H,3-6H2,1-2H3. The van der Waals surface area contributed by atoms with Crippen LogP contribution in [0.4, 0.5) is 0 Å². The Bertz CT molecular complexity index is 445. The zero-order valence-corrected chi connectivity index (χ0v) is 12.5. The van der Waals surface area contributed by atoms with Gasteiger partial charge >= 0.3 is 0 Å². The van der Waals surface area contributed by atoms with Gasteiger partial charge in [-0.2, -0.15) is 11.3 Å². The summed E-state index contributed by atoms with van der Waals surface area (Å²) >= 11 is 1.70. The average molecular weight is 278 g/mol. The lowest BCUT2D eigenvalue weighted by molar-refractivity contribution is -0.134. The SMILES string of the molecule is CC1NC(c2ccsc2)N(C2CCCCC2C)C1=O. The predicted molar refractivity (Wildman–Crippen MR) is 77.9 cm³/mol. The molecule has 104 valence electrons. The van der Waals surface area contributed by atoms with E-state index in [0.717, 1.165) is 6.42 Å². The van der Waals surface area contributed by atoms with Crippen molar-refractivity contribution >= 4 is 17.2 Å². The molecule has 1 aromatic rings. The van der Waals surface area contributed by atoms with Gasteiger partial charge in [0.15, 0.2) is 0 Å². The number of rotatable bonds is 2. The third-order valence-electron chi connectivity index (χ3n) is 4.59. The van der Waals surface area contributed by atoms with Crippen LogP contribution in [-0.4, -0.2) is 22.9 Å². The summed E-state index contributed by atoms with van der Waals surface area (Å²) in [4.78, 5) is 14.7. The number of hydrogen-bond acceptors (Lipinski definition) is 3. The molecule has 1 aromatic heterocycles. The first kappa shape index (κ1) is 13.1. The number of carbonyl (C=O) groups excluding carboxylic acids is 1. The first-order valence-corrected chi connectivity index (χ1v) is 8.23. The highest BCUT2D eigenvalue weighted by molar-refractivity contribution is 7.07. The van der Waals surface area contributed by atoms with Gasteiger partial charge in [-0.15, -0.1) is 0 Å². The van der Waals surface area contributed by atoms with E-state index in [0.29, 0.717) is 12.0 Å². The third kappa shape index (κ3) is 2.32. The molecule has 4 heteroatoms. The molecule has 0 aromatic carbocycles. The highest BCUT2D eigenvalue weighted by Crippen LogP contribution is 2.36. The lowest BCUT2D eigenvalue weighted by atomic mass is 9.84. The van der Waals surface area contributed by atoms with Gasteiger partial charge in [-0.1, -0.05) is 19.8 Å². The summed E-state index contributed by atoms with van der Waals surface area (Å²) in [6.45, 7) is 4.28. The van der Waals surface area contributed by atoms with E-state index in [1.165, 1.54) is 24.8 Å². The molecular weight excluding hydrogens is 256 g/mol. The van der Waals surface area contributed by atoms with Gasteiger partial charge in [-0.25, -0.2) is 0 Å². The second-order valence-electron chi connectivity index (χ2n) is 5.92. The minimum atomic E-state index is -0.0565. The Morgan fingerprint density at radius 1 is 1.32 bits per heavy atom. The maximum atomic E-state index is 12.5. The molecule has 4 atom stereocenters. The van der Waals surface area contributed by atoms with Gasteiger partial charge in [0.1, 0.15) is 6.17 Å². The molecule has 2 heterocycles. The summed E-state index contributed by atoms with van der Waals surface area (Å²) in [6, 6.07) is 2.48. The van der Waals surface area contributed by atoms with Crippen molar-refractivity contribution in [2.24, 2.45) is 5.92 Å². The highest BCUT2D eigenvalue weighted by atomic mass is 32.1. The van der Waals surface area contributed by atoms with E-state index in [-0.39, 0.29) is 18.1 Å². The van der Waals surface area contributed by atoms with E-state index in [1.54, 1.807) is 11.3 Å². The molecule has 0 spiro atoms. The number of thiophene rings is 1. The number of carbonyl (C=O) groups is 1. The molecular formula is C15H22N2OS.